The van der Waals surface area contributed by atoms with Crippen molar-refractivity contribution >= 4 is 63.2 Å². The van der Waals surface area contributed by atoms with Gasteiger partial charge < -0.3 is 20.9 Å². The van der Waals surface area contributed by atoms with Crippen molar-refractivity contribution in [1.29, 1.82) is 0 Å². The van der Waals surface area contributed by atoms with E-state index in [1.165, 1.54) is 25.2 Å². The fraction of sp³-hybridized carbons (Fsp3) is 0.167. The van der Waals surface area contributed by atoms with Gasteiger partial charge in [-0.3, -0.25) is 4.79 Å². The lowest BCUT2D eigenvalue weighted by Crippen LogP contribution is -2.19. The van der Waals surface area contributed by atoms with E-state index in [1.807, 2.05) is 4.57 Å². The van der Waals surface area contributed by atoms with E-state index in [-0.39, 0.29) is 11.6 Å². The Morgan fingerprint density at radius 3 is 2.68 bits per heavy atom. The number of halogens is 2. The lowest BCUT2D eigenvalue weighted by atomic mass is 10.0. The summed E-state index contributed by atoms with van der Waals surface area (Å²) in [5.74, 6) is 0.622. The highest BCUT2D eigenvalue weighted by atomic mass is 35.5. The fourth-order valence-electron chi connectivity index (χ4n) is 3.81. The Kier molecular flexibility index (Phi) is 5.85. The molecule has 4 aromatic rings. The monoisotopic (exact) mass is 494 g/mol. The molecule has 2 heterocycles. The molecule has 34 heavy (non-hydrogen) atoms. The molecule has 0 bridgehead atoms. The van der Waals surface area contributed by atoms with Crippen LogP contribution in [-0.2, 0) is 6.54 Å². The number of nitrogens with one attached hydrogen (secondary N) is 2. The summed E-state index contributed by atoms with van der Waals surface area (Å²) >= 11 is 12.0. The number of rotatable bonds is 6. The molecule has 2 aromatic heterocycles. The van der Waals surface area contributed by atoms with Crippen molar-refractivity contribution in [2.45, 2.75) is 19.4 Å². The van der Waals surface area contributed by atoms with Crippen LogP contribution in [0.4, 0.5) is 22.0 Å². The molecule has 8 nitrogen and oxygen atoms in total. The van der Waals surface area contributed by atoms with Crippen molar-refractivity contribution in [1.82, 2.24) is 14.5 Å². The van der Waals surface area contributed by atoms with Crippen LogP contribution >= 0.6 is 23.2 Å². The maximum absolute atomic E-state index is 13.5. The van der Waals surface area contributed by atoms with Gasteiger partial charge in [-0.25, -0.2) is 14.8 Å². The maximum atomic E-state index is 13.5. The first kappa shape index (κ1) is 22.2. The molecule has 0 radical (unpaired) electrons. The summed E-state index contributed by atoms with van der Waals surface area (Å²) in [5, 5.41) is 6.70. The van der Waals surface area contributed by atoms with Crippen molar-refractivity contribution in [3.8, 4) is 0 Å². The number of carbonyl (C=O) groups is 2. The van der Waals surface area contributed by atoms with Gasteiger partial charge in [0, 0.05) is 29.0 Å². The molecule has 0 aliphatic heterocycles. The molecule has 0 unspecified atom stereocenters. The number of nitrogens with two attached hydrogens (primary N) is 1. The number of nitrogens with zero attached hydrogens (tertiary/aromatic N) is 3. The van der Waals surface area contributed by atoms with Gasteiger partial charge in [-0.2, -0.15) is 0 Å². The van der Waals surface area contributed by atoms with Gasteiger partial charge in [-0.1, -0.05) is 35.3 Å². The lowest BCUT2D eigenvalue weighted by Gasteiger charge is -2.10. The molecule has 0 spiro atoms. The number of carbonyl (C=O) groups excluding carboxylic acids is 2. The van der Waals surface area contributed by atoms with E-state index >= 15 is 0 Å². The summed E-state index contributed by atoms with van der Waals surface area (Å²) < 4.78 is 1.98. The Labute approximate surface area is 205 Å². The molecule has 10 heteroatoms. The van der Waals surface area contributed by atoms with Gasteiger partial charge in [0.15, 0.2) is 5.78 Å². The average molecular weight is 495 g/mol. The number of nitrogen functional groups attached to an aromatic ring is 1. The Morgan fingerprint density at radius 2 is 1.91 bits per heavy atom. The number of amides is 2. The van der Waals surface area contributed by atoms with Gasteiger partial charge in [-0.15, -0.1) is 0 Å². The highest BCUT2D eigenvalue weighted by Crippen LogP contribution is 2.34. The Bertz CT molecular complexity index is 1430. The molecular weight excluding hydrogens is 475 g/mol. The predicted octanol–water partition coefficient (Wildman–Crippen LogP) is 5.61. The highest BCUT2D eigenvalue weighted by Gasteiger charge is 2.26. The van der Waals surface area contributed by atoms with Gasteiger partial charge in [0.2, 0.25) is 0 Å². The molecule has 2 amide bonds. The third-order valence-corrected chi connectivity index (χ3v) is 6.19. The normalized spacial score (nSPS) is 13.1. The Balaban J connectivity index is 1.39. The molecule has 1 fully saturated rings. The van der Waals surface area contributed by atoms with E-state index in [0.717, 1.165) is 6.54 Å². The standard InChI is InChI=1S/C24H20Cl2N6O2/c25-15-6-7-19(18(26)9-15)31-24(34)30-16-3-1-2-14(8-16)21(33)17-11-32(10-13-4-5-13)23-20(17)22(27)28-12-29-23/h1-3,6-9,11-13H,4-5,10H2,(H2,27,28,29)(H2,30,31,34). The van der Waals surface area contributed by atoms with Crippen LogP contribution in [0, 0.1) is 5.92 Å². The molecule has 0 saturated heterocycles. The van der Waals surface area contributed by atoms with Gasteiger partial charge in [0.05, 0.1) is 21.7 Å². The van der Waals surface area contributed by atoms with Crippen LogP contribution in [0.3, 0.4) is 0 Å². The molecule has 2 aromatic carbocycles. The number of hydrogen-bond acceptors (Lipinski definition) is 5. The van der Waals surface area contributed by atoms with Crippen LogP contribution in [0.1, 0.15) is 28.8 Å². The van der Waals surface area contributed by atoms with Crippen LogP contribution in [0.5, 0.6) is 0 Å². The molecule has 1 saturated carbocycles. The van der Waals surface area contributed by atoms with Crippen LogP contribution in [0.25, 0.3) is 11.0 Å². The summed E-state index contributed by atoms with van der Waals surface area (Å²) in [5.41, 5.74) is 8.46. The van der Waals surface area contributed by atoms with Crippen molar-refractivity contribution in [3.63, 3.8) is 0 Å². The summed E-state index contributed by atoms with van der Waals surface area (Å²) in [6, 6.07) is 10.9. The average Bonchev–Trinajstić information content (AvgIpc) is 3.55. The second kappa shape index (κ2) is 8.96. The van der Waals surface area contributed by atoms with Crippen molar-refractivity contribution < 1.29 is 9.59 Å². The fourth-order valence-corrected chi connectivity index (χ4v) is 4.26. The van der Waals surface area contributed by atoms with E-state index in [0.29, 0.717) is 49.5 Å². The SMILES string of the molecule is Nc1ncnc2c1c(C(=O)c1cccc(NC(=O)Nc3ccc(Cl)cc3Cl)c1)cn2CC1CC1. The number of aromatic nitrogens is 3. The van der Waals surface area contributed by atoms with Crippen LogP contribution in [-0.4, -0.2) is 26.3 Å². The van der Waals surface area contributed by atoms with E-state index < -0.39 is 6.03 Å². The number of hydrogen-bond donors (Lipinski definition) is 3. The molecule has 1 aliphatic rings. The molecule has 0 atom stereocenters. The first-order chi connectivity index (χ1) is 16.4. The predicted molar refractivity (Wildman–Crippen MR) is 134 cm³/mol. The maximum Gasteiger partial charge on any atom is 0.323 e. The third-order valence-electron chi connectivity index (χ3n) is 5.64. The van der Waals surface area contributed by atoms with Crippen molar-refractivity contribution in [2.24, 2.45) is 5.92 Å². The third kappa shape index (κ3) is 4.55. The van der Waals surface area contributed by atoms with Crippen molar-refractivity contribution in [2.75, 3.05) is 16.4 Å². The Hall–Kier alpha value is -3.62. The van der Waals surface area contributed by atoms with Crippen molar-refractivity contribution in [3.05, 3.63) is 76.2 Å². The van der Waals surface area contributed by atoms with Crippen LogP contribution < -0.4 is 16.4 Å². The lowest BCUT2D eigenvalue weighted by molar-refractivity contribution is 0.104. The van der Waals surface area contributed by atoms with Gasteiger partial charge in [-0.05, 0) is 49.1 Å². The minimum Gasteiger partial charge on any atom is -0.383 e. The largest absolute Gasteiger partial charge is 0.383 e. The number of urea groups is 1. The van der Waals surface area contributed by atoms with Crippen LogP contribution in [0.15, 0.2) is 55.0 Å². The zero-order valence-corrected chi connectivity index (χ0v) is 19.4. The minimum absolute atomic E-state index is 0.231. The molecule has 5 rings (SSSR count). The second-order valence-corrected chi connectivity index (χ2v) is 9.05. The zero-order chi connectivity index (χ0) is 23.8. The minimum atomic E-state index is -0.507. The number of benzene rings is 2. The van der Waals surface area contributed by atoms with E-state index in [2.05, 4.69) is 20.6 Å². The first-order valence-electron chi connectivity index (χ1n) is 10.7. The first-order valence-corrected chi connectivity index (χ1v) is 11.4. The van der Waals surface area contributed by atoms with E-state index in [4.69, 9.17) is 28.9 Å². The van der Waals surface area contributed by atoms with Crippen LogP contribution in [0.2, 0.25) is 10.0 Å². The summed E-state index contributed by atoms with van der Waals surface area (Å²) in [6.07, 6.45) is 5.54. The molecule has 4 N–H and O–H groups in total. The number of fused-ring (bicyclic) bond motifs is 1. The smallest absolute Gasteiger partial charge is 0.323 e. The molecule has 1 aliphatic carbocycles. The zero-order valence-electron chi connectivity index (χ0n) is 17.9. The van der Waals surface area contributed by atoms with Gasteiger partial charge >= 0.3 is 6.03 Å². The Morgan fingerprint density at radius 1 is 1.09 bits per heavy atom. The van der Waals surface area contributed by atoms with E-state index in [1.54, 1.807) is 42.6 Å². The second-order valence-electron chi connectivity index (χ2n) is 8.21. The topological polar surface area (TPSA) is 115 Å². The number of anilines is 3. The summed E-state index contributed by atoms with van der Waals surface area (Å²) in [7, 11) is 0. The highest BCUT2D eigenvalue weighted by molar-refractivity contribution is 6.36. The summed E-state index contributed by atoms with van der Waals surface area (Å²) in [6.45, 7) is 0.787. The van der Waals surface area contributed by atoms with Gasteiger partial charge in [0.1, 0.15) is 17.8 Å². The number of ketones is 1. The molecular formula is C24H20Cl2N6O2. The quantitative estimate of drug-likeness (QED) is 0.301. The van der Waals surface area contributed by atoms with E-state index in [9.17, 15) is 9.59 Å². The van der Waals surface area contributed by atoms with Gasteiger partial charge in [0.25, 0.3) is 0 Å². The molecule has 172 valence electrons. The summed E-state index contributed by atoms with van der Waals surface area (Å²) in [4.78, 5) is 34.4.